The van der Waals surface area contributed by atoms with Crippen molar-refractivity contribution >= 4 is 45.0 Å². The molecule has 1 N–H and O–H groups in total. The minimum absolute atomic E-state index is 0.0694. The number of hydrogen-bond donors (Lipinski definition) is 1. The quantitative estimate of drug-likeness (QED) is 0.425. The molecule has 1 aliphatic rings. The third kappa shape index (κ3) is 7.55. The molecule has 2 aromatic rings. The fraction of sp³-hybridized carbons (Fsp3) is 0.458. The second kappa shape index (κ2) is 12.5. The molecule has 2 aromatic carbocycles. The molecule has 180 valence electrons. The van der Waals surface area contributed by atoms with E-state index in [4.69, 9.17) is 16.3 Å². The first-order chi connectivity index (χ1) is 15.9. The fourth-order valence-corrected chi connectivity index (χ4v) is 6.70. The van der Waals surface area contributed by atoms with Crippen molar-refractivity contribution in [3.63, 3.8) is 0 Å². The van der Waals surface area contributed by atoms with Crippen LogP contribution in [0.1, 0.15) is 38.5 Å². The molecular weight excluding hydrogens is 480 g/mol. The van der Waals surface area contributed by atoms with Gasteiger partial charge in [-0.25, -0.2) is 8.42 Å². The smallest absolute Gasteiger partial charge is 0.264 e. The van der Waals surface area contributed by atoms with Gasteiger partial charge in [-0.3, -0.25) is 9.10 Å². The molecule has 1 aliphatic carbocycles. The van der Waals surface area contributed by atoms with E-state index in [1.165, 1.54) is 57.4 Å². The number of thioether (sulfide) groups is 1. The molecule has 0 radical (unpaired) electrons. The number of halogens is 1. The average Bonchev–Trinajstić information content (AvgIpc) is 2.83. The van der Waals surface area contributed by atoms with Crippen LogP contribution in [0.3, 0.4) is 0 Å². The van der Waals surface area contributed by atoms with Gasteiger partial charge in [-0.05, 0) is 67.5 Å². The topological polar surface area (TPSA) is 75.7 Å². The van der Waals surface area contributed by atoms with Gasteiger partial charge in [0.15, 0.2) is 0 Å². The molecule has 0 bridgehead atoms. The third-order valence-electron chi connectivity index (χ3n) is 5.58. The van der Waals surface area contributed by atoms with Gasteiger partial charge in [0.25, 0.3) is 10.0 Å². The number of carbonyl (C=O) groups excluding carboxylic acids is 1. The van der Waals surface area contributed by atoms with Gasteiger partial charge < -0.3 is 10.1 Å². The van der Waals surface area contributed by atoms with Crippen molar-refractivity contribution in [2.75, 3.05) is 30.3 Å². The summed E-state index contributed by atoms with van der Waals surface area (Å²) in [6.07, 6.45) is 7.40. The summed E-state index contributed by atoms with van der Waals surface area (Å²) in [4.78, 5) is 12.7. The molecule has 0 aromatic heterocycles. The van der Waals surface area contributed by atoms with Crippen molar-refractivity contribution in [2.24, 2.45) is 0 Å². The summed E-state index contributed by atoms with van der Waals surface area (Å²) in [5.41, 5.74) is 0.335. The van der Waals surface area contributed by atoms with Gasteiger partial charge in [0, 0.05) is 16.8 Å². The van der Waals surface area contributed by atoms with Crippen LogP contribution < -0.4 is 14.4 Å². The lowest BCUT2D eigenvalue weighted by Crippen LogP contribution is -2.41. The zero-order valence-corrected chi connectivity index (χ0v) is 21.2. The molecule has 33 heavy (non-hydrogen) atoms. The lowest BCUT2D eigenvalue weighted by Gasteiger charge is -2.24. The van der Waals surface area contributed by atoms with E-state index >= 15 is 0 Å². The highest BCUT2D eigenvalue weighted by molar-refractivity contribution is 7.99. The van der Waals surface area contributed by atoms with Crippen LogP contribution in [0.15, 0.2) is 53.4 Å². The summed E-state index contributed by atoms with van der Waals surface area (Å²) in [6, 6.07) is 12.6. The second-order valence-corrected chi connectivity index (χ2v) is 11.7. The Hall–Kier alpha value is -1.90. The molecule has 1 saturated carbocycles. The van der Waals surface area contributed by atoms with E-state index in [9.17, 15) is 13.2 Å². The maximum absolute atomic E-state index is 13.4. The molecule has 0 heterocycles. The highest BCUT2D eigenvalue weighted by atomic mass is 35.5. The number of methoxy groups -OCH3 is 1. The Morgan fingerprint density at radius 2 is 1.88 bits per heavy atom. The maximum atomic E-state index is 13.4. The Labute approximate surface area is 206 Å². The number of amides is 1. The Morgan fingerprint density at radius 3 is 2.55 bits per heavy atom. The standard InChI is InChI=1S/C24H31ClN2O4S2/c1-31-21-11-13-23(14-12-21)33(29,30)27(20-8-5-7-19(25)17-20)18-24(28)26-15-6-16-32-22-9-3-2-4-10-22/h5,7-8,11-14,17,22H,2-4,6,9-10,15-16,18H2,1H3,(H,26,28). The molecule has 0 aliphatic heterocycles. The molecule has 0 atom stereocenters. The molecule has 0 spiro atoms. The van der Waals surface area contributed by atoms with Crippen molar-refractivity contribution in [2.45, 2.75) is 48.7 Å². The summed E-state index contributed by atoms with van der Waals surface area (Å²) in [7, 11) is -2.47. The van der Waals surface area contributed by atoms with Crippen LogP contribution in [0.25, 0.3) is 0 Å². The number of carbonyl (C=O) groups is 1. The van der Waals surface area contributed by atoms with Crippen LogP contribution in [0.5, 0.6) is 5.75 Å². The summed E-state index contributed by atoms with van der Waals surface area (Å²) in [6.45, 7) is 0.189. The van der Waals surface area contributed by atoms with Gasteiger partial charge in [0.05, 0.1) is 17.7 Å². The predicted octanol–water partition coefficient (Wildman–Crippen LogP) is 5.12. The van der Waals surface area contributed by atoms with Crippen molar-refractivity contribution in [1.29, 1.82) is 0 Å². The van der Waals surface area contributed by atoms with Gasteiger partial charge >= 0.3 is 0 Å². The predicted molar refractivity (Wildman–Crippen MR) is 136 cm³/mol. The van der Waals surface area contributed by atoms with Crippen molar-refractivity contribution in [1.82, 2.24) is 5.32 Å². The molecule has 9 heteroatoms. The highest BCUT2D eigenvalue weighted by Gasteiger charge is 2.27. The Morgan fingerprint density at radius 1 is 1.15 bits per heavy atom. The number of nitrogens with one attached hydrogen (secondary N) is 1. The lowest BCUT2D eigenvalue weighted by molar-refractivity contribution is -0.119. The van der Waals surface area contributed by atoms with E-state index in [0.717, 1.165) is 21.7 Å². The van der Waals surface area contributed by atoms with Crippen LogP contribution in [0, 0.1) is 0 Å². The molecule has 1 fully saturated rings. The minimum Gasteiger partial charge on any atom is -0.497 e. The summed E-state index contributed by atoms with van der Waals surface area (Å²) in [5, 5.41) is 4.00. The van der Waals surface area contributed by atoms with Gasteiger partial charge in [0.2, 0.25) is 5.91 Å². The second-order valence-electron chi connectivity index (χ2n) is 8.00. The highest BCUT2D eigenvalue weighted by Crippen LogP contribution is 2.29. The Balaban J connectivity index is 1.63. The van der Waals surface area contributed by atoms with E-state index < -0.39 is 10.0 Å². The van der Waals surface area contributed by atoms with Crippen LogP contribution in [-0.4, -0.2) is 45.5 Å². The van der Waals surface area contributed by atoms with Crippen molar-refractivity contribution in [3.8, 4) is 5.75 Å². The van der Waals surface area contributed by atoms with E-state index in [1.54, 1.807) is 30.3 Å². The zero-order valence-electron chi connectivity index (χ0n) is 18.8. The van der Waals surface area contributed by atoms with Crippen LogP contribution >= 0.6 is 23.4 Å². The van der Waals surface area contributed by atoms with Crippen LogP contribution in [-0.2, 0) is 14.8 Å². The first kappa shape index (κ1) is 25.7. The number of benzene rings is 2. The molecular formula is C24H31ClN2O4S2. The monoisotopic (exact) mass is 510 g/mol. The number of rotatable bonds is 11. The van der Waals surface area contributed by atoms with E-state index in [0.29, 0.717) is 23.0 Å². The van der Waals surface area contributed by atoms with Gasteiger partial charge in [-0.1, -0.05) is 36.9 Å². The molecule has 0 saturated heterocycles. The van der Waals surface area contributed by atoms with E-state index in [1.807, 2.05) is 11.8 Å². The fourth-order valence-electron chi connectivity index (χ4n) is 3.79. The maximum Gasteiger partial charge on any atom is 0.264 e. The molecule has 6 nitrogen and oxygen atoms in total. The number of nitrogens with zero attached hydrogens (tertiary/aromatic N) is 1. The lowest BCUT2D eigenvalue weighted by atomic mass is 10.0. The van der Waals surface area contributed by atoms with Crippen molar-refractivity contribution < 1.29 is 17.9 Å². The first-order valence-corrected chi connectivity index (χ1v) is 14.1. The van der Waals surface area contributed by atoms with Crippen LogP contribution in [0.4, 0.5) is 5.69 Å². The first-order valence-electron chi connectivity index (χ1n) is 11.2. The Kier molecular flexibility index (Phi) is 9.77. The van der Waals surface area contributed by atoms with E-state index in [-0.39, 0.29) is 17.3 Å². The summed E-state index contributed by atoms with van der Waals surface area (Å²) in [5.74, 6) is 1.19. The Bertz CT molecular complexity index is 1010. The molecule has 1 amide bonds. The number of ether oxygens (including phenoxy) is 1. The largest absolute Gasteiger partial charge is 0.497 e. The van der Waals surface area contributed by atoms with Gasteiger partial charge in [-0.15, -0.1) is 0 Å². The average molecular weight is 511 g/mol. The van der Waals surface area contributed by atoms with Crippen molar-refractivity contribution in [3.05, 3.63) is 53.6 Å². The molecule has 0 unspecified atom stereocenters. The summed E-state index contributed by atoms with van der Waals surface area (Å²) < 4.78 is 33.0. The molecule has 3 rings (SSSR count). The van der Waals surface area contributed by atoms with Gasteiger partial charge in [0.1, 0.15) is 12.3 Å². The zero-order chi connectivity index (χ0) is 23.7. The van der Waals surface area contributed by atoms with Crippen LogP contribution in [0.2, 0.25) is 5.02 Å². The SMILES string of the molecule is COc1ccc(S(=O)(=O)N(CC(=O)NCCCSC2CCCCC2)c2cccc(Cl)c2)cc1. The third-order valence-corrected chi connectivity index (χ3v) is 9.07. The number of anilines is 1. The normalized spacial score (nSPS) is 14.6. The number of sulfonamides is 1. The van der Waals surface area contributed by atoms with E-state index in [2.05, 4.69) is 5.32 Å². The van der Waals surface area contributed by atoms with Gasteiger partial charge in [-0.2, -0.15) is 11.8 Å². The summed E-state index contributed by atoms with van der Waals surface area (Å²) >= 11 is 8.09. The minimum atomic E-state index is -3.99. The number of hydrogen-bond acceptors (Lipinski definition) is 5.